The van der Waals surface area contributed by atoms with Crippen molar-refractivity contribution in [1.29, 1.82) is 0 Å². The van der Waals surface area contributed by atoms with Crippen LogP contribution in [0.5, 0.6) is 5.75 Å². The van der Waals surface area contributed by atoms with Gasteiger partial charge in [0.25, 0.3) is 0 Å². The molecular formula is C29H34F3N3O4. The molecule has 0 radical (unpaired) electrons. The van der Waals surface area contributed by atoms with Crippen molar-refractivity contribution in [3.8, 4) is 5.75 Å². The van der Waals surface area contributed by atoms with Crippen LogP contribution >= 0.6 is 0 Å². The van der Waals surface area contributed by atoms with Crippen LogP contribution in [-0.2, 0) is 26.9 Å². The molecule has 210 valence electrons. The van der Waals surface area contributed by atoms with Gasteiger partial charge in [0, 0.05) is 44.1 Å². The molecule has 0 spiro atoms. The number of piperazine rings is 1. The topological polar surface area (TPSA) is 62.3 Å². The normalized spacial score (nSPS) is 21.7. The third-order valence-electron chi connectivity index (χ3n) is 8.22. The SMILES string of the molecule is CCOC(=O)C1CCN(C(=O)C2Cc3cc(C(F)(F)F)ccc3N3CCN(c4ccc(OC)cc4)CC23)CC1. The number of likely N-dealkylation sites (tertiary alicyclic amines) is 1. The van der Waals surface area contributed by atoms with Gasteiger partial charge in [-0.1, -0.05) is 0 Å². The molecule has 2 unspecified atom stereocenters. The van der Waals surface area contributed by atoms with E-state index < -0.39 is 17.7 Å². The van der Waals surface area contributed by atoms with Crippen LogP contribution < -0.4 is 14.5 Å². The van der Waals surface area contributed by atoms with Crippen molar-refractivity contribution in [2.45, 2.75) is 38.4 Å². The van der Waals surface area contributed by atoms with Crippen molar-refractivity contribution in [2.75, 3.05) is 56.2 Å². The number of carbonyl (C=O) groups excluding carboxylic acids is 2. The van der Waals surface area contributed by atoms with Crippen LogP contribution in [0.4, 0.5) is 24.5 Å². The van der Waals surface area contributed by atoms with E-state index in [-0.39, 0.29) is 30.3 Å². The fourth-order valence-corrected chi connectivity index (χ4v) is 6.14. The number of carbonyl (C=O) groups is 2. The van der Waals surface area contributed by atoms with Crippen molar-refractivity contribution in [3.05, 3.63) is 53.6 Å². The maximum Gasteiger partial charge on any atom is 0.416 e. The second kappa shape index (κ2) is 11.0. The van der Waals surface area contributed by atoms with Gasteiger partial charge in [-0.25, -0.2) is 0 Å². The molecule has 3 aliphatic heterocycles. The van der Waals surface area contributed by atoms with E-state index in [4.69, 9.17) is 9.47 Å². The molecule has 7 nitrogen and oxygen atoms in total. The summed E-state index contributed by atoms with van der Waals surface area (Å²) in [6.45, 7) is 4.79. The van der Waals surface area contributed by atoms with Crippen molar-refractivity contribution >= 4 is 23.3 Å². The second-order valence-electron chi connectivity index (χ2n) is 10.4. The highest BCUT2D eigenvalue weighted by Gasteiger charge is 2.44. The van der Waals surface area contributed by atoms with Crippen LogP contribution in [0, 0.1) is 11.8 Å². The van der Waals surface area contributed by atoms with Crippen molar-refractivity contribution in [1.82, 2.24) is 4.90 Å². The fraction of sp³-hybridized carbons (Fsp3) is 0.517. The van der Waals surface area contributed by atoms with Crippen LogP contribution in [0.2, 0.25) is 0 Å². The Morgan fingerprint density at radius 1 is 1.00 bits per heavy atom. The van der Waals surface area contributed by atoms with E-state index in [1.807, 2.05) is 24.3 Å². The van der Waals surface area contributed by atoms with Gasteiger partial charge in [0.1, 0.15) is 5.75 Å². The number of ether oxygens (including phenoxy) is 2. The molecule has 2 aromatic rings. The molecule has 39 heavy (non-hydrogen) atoms. The quantitative estimate of drug-likeness (QED) is 0.520. The molecule has 2 fully saturated rings. The molecule has 0 aromatic heterocycles. The van der Waals surface area contributed by atoms with Gasteiger partial charge in [-0.15, -0.1) is 0 Å². The van der Waals surface area contributed by atoms with E-state index in [2.05, 4.69) is 9.80 Å². The molecule has 10 heteroatoms. The lowest BCUT2D eigenvalue weighted by Crippen LogP contribution is -2.62. The Morgan fingerprint density at radius 3 is 2.36 bits per heavy atom. The van der Waals surface area contributed by atoms with Gasteiger partial charge in [0.05, 0.1) is 37.2 Å². The number of benzene rings is 2. The summed E-state index contributed by atoms with van der Waals surface area (Å²) in [5.74, 6) is -0.270. The Bertz CT molecular complexity index is 1200. The smallest absolute Gasteiger partial charge is 0.416 e. The zero-order chi connectivity index (χ0) is 27.7. The minimum absolute atomic E-state index is 0.0630. The van der Waals surface area contributed by atoms with Crippen LogP contribution in [0.15, 0.2) is 42.5 Å². The number of hydrogen-bond acceptors (Lipinski definition) is 6. The minimum Gasteiger partial charge on any atom is -0.497 e. The van der Waals surface area contributed by atoms with Gasteiger partial charge >= 0.3 is 12.1 Å². The van der Waals surface area contributed by atoms with E-state index in [9.17, 15) is 22.8 Å². The van der Waals surface area contributed by atoms with Gasteiger partial charge < -0.3 is 24.2 Å². The lowest BCUT2D eigenvalue weighted by molar-refractivity contribution is -0.152. The van der Waals surface area contributed by atoms with Gasteiger partial charge in [0.2, 0.25) is 5.91 Å². The van der Waals surface area contributed by atoms with Gasteiger partial charge in [-0.05, 0) is 74.2 Å². The maximum atomic E-state index is 14.0. The molecule has 0 saturated carbocycles. The average Bonchev–Trinajstić information content (AvgIpc) is 2.95. The molecular weight excluding hydrogens is 511 g/mol. The molecule has 0 N–H and O–H groups in total. The number of esters is 1. The number of hydrogen-bond donors (Lipinski definition) is 0. The molecule has 3 aliphatic rings. The number of nitrogens with zero attached hydrogens (tertiary/aromatic N) is 3. The summed E-state index contributed by atoms with van der Waals surface area (Å²) in [5.41, 5.74) is 1.64. The second-order valence-corrected chi connectivity index (χ2v) is 10.4. The summed E-state index contributed by atoms with van der Waals surface area (Å²) >= 11 is 0. The summed E-state index contributed by atoms with van der Waals surface area (Å²) in [6.07, 6.45) is -3.15. The van der Waals surface area contributed by atoms with Crippen molar-refractivity contribution in [2.24, 2.45) is 11.8 Å². The summed E-state index contributed by atoms with van der Waals surface area (Å²) in [5, 5.41) is 0. The summed E-state index contributed by atoms with van der Waals surface area (Å²) in [6, 6.07) is 11.5. The van der Waals surface area contributed by atoms with Crippen molar-refractivity contribution < 1.29 is 32.2 Å². The highest BCUT2D eigenvalue weighted by Crippen LogP contribution is 2.41. The van der Waals surface area contributed by atoms with Gasteiger partial charge in [-0.3, -0.25) is 9.59 Å². The van der Waals surface area contributed by atoms with E-state index >= 15 is 0 Å². The number of piperidine rings is 1. The lowest BCUT2D eigenvalue weighted by atomic mass is 9.81. The fourth-order valence-electron chi connectivity index (χ4n) is 6.14. The van der Waals surface area contributed by atoms with Crippen LogP contribution in [0.1, 0.15) is 30.9 Å². The number of amides is 1. The third kappa shape index (κ3) is 5.51. The summed E-state index contributed by atoms with van der Waals surface area (Å²) < 4.78 is 51.1. The van der Waals surface area contributed by atoms with Crippen LogP contribution in [-0.4, -0.2) is 69.3 Å². The molecule has 2 saturated heterocycles. The van der Waals surface area contributed by atoms with Crippen LogP contribution in [0.25, 0.3) is 0 Å². The number of rotatable bonds is 5. The molecule has 0 aliphatic carbocycles. The third-order valence-corrected chi connectivity index (χ3v) is 8.22. The number of halogens is 3. The van der Waals surface area contributed by atoms with E-state index in [0.29, 0.717) is 57.7 Å². The van der Waals surface area contributed by atoms with Gasteiger partial charge in [-0.2, -0.15) is 13.2 Å². The zero-order valence-corrected chi connectivity index (χ0v) is 22.2. The Morgan fingerprint density at radius 2 is 1.72 bits per heavy atom. The Balaban J connectivity index is 1.41. The Hall–Kier alpha value is -3.43. The van der Waals surface area contributed by atoms with Crippen molar-refractivity contribution in [3.63, 3.8) is 0 Å². The molecule has 2 aromatic carbocycles. The van der Waals surface area contributed by atoms with E-state index in [0.717, 1.165) is 23.2 Å². The lowest BCUT2D eigenvalue weighted by Gasteiger charge is -2.50. The Kier molecular flexibility index (Phi) is 7.64. The number of anilines is 2. The molecule has 1 amide bonds. The van der Waals surface area contributed by atoms with Gasteiger partial charge in [0.15, 0.2) is 0 Å². The maximum absolute atomic E-state index is 14.0. The molecule has 0 bridgehead atoms. The number of methoxy groups -OCH3 is 1. The average molecular weight is 546 g/mol. The largest absolute Gasteiger partial charge is 0.497 e. The summed E-state index contributed by atoms with van der Waals surface area (Å²) in [7, 11) is 1.61. The van der Waals surface area contributed by atoms with E-state index in [1.54, 1.807) is 25.0 Å². The minimum atomic E-state index is -4.45. The first-order chi connectivity index (χ1) is 18.7. The first-order valence-electron chi connectivity index (χ1n) is 13.5. The standard InChI is InChI=1S/C29H34F3N3O4/c1-3-39-28(37)19-10-12-33(13-11-19)27(36)24-17-20-16-21(29(30,31)32)4-9-25(20)35-15-14-34(18-26(24)35)22-5-7-23(38-2)8-6-22/h4-9,16,19,24,26H,3,10-15,17-18H2,1-2H3. The number of alkyl halides is 3. The first-order valence-corrected chi connectivity index (χ1v) is 13.5. The molecule has 3 heterocycles. The molecule has 5 rings (SSSR count). The highest BCUT2D eigenvalue weighted by atomic mass is 19.4. The highest BCUT2D eigenvalue weighted by molar-refractivity contribution is 5.83. The predicted octanol–water partition coefficient (Wildman–Crippen LogP) is 4.38. The Labute approximate surface area is 226 Å². The van der Waals surface area contributed by atoms with E-state index in [1.165, 1.54) is 6.07 Å². The number of fused-ring (bicyclic) bond motifs is 3. The summed E-state index contributed by atoms with van der Waals surface area (Å²) in [4.78, 5) is 32.3. The predicted molar refractivity (Wildman–Crippen MR) is 141 cm³/mol. The first kappa shape index (κ1) is 27.1. The monoisotopic (exact) mass is 545 g/mol. The molecule has 2 atom stereocenters. The van der Waals surface area contributed by atoms with Crippen LogP contribution in [0.3, 0.4) is 0 Å². The zero-order valence-electron chi connectivity index (χ0n) is 22.2.